The molecule has 2 aromatic rings. The number of halogens is 3. The van der Waals surface area contributed by atoms with Crippen molar-refractivity contribution < 1.29 is 34.0 Å². The van der Waals surface area contributed by atoms with Crippen molar-refractivity contribution >= 4 is 93.8 Å². The van der Waals surface area contributed by atoms with E-state index in [9.17, 15) is 29.4 Å². The second-order valence-electron chi connectivity index (χ2n) is 10.2. The Morgan fingerprint density at radius 3 is 2.43 bits per heavy atom. The van der Waals surface area contributed by atoms with Crippen molar-refractivity contribution in [2.75, 3.05) is 17.3 Å². The van der Waals surface area contributed by atoms with E-state index in [1.54, 1.807) is 6.07 Å². The summed E-state index contributed by atoms with van der Waals surface area (Å²) >= 11 is 22.2. The average Bonchev–Trinajstić information content (AvgIpc) is 2.96. The largest absolute Gasteiger partial charge is 0.548 e. The average molecular weight is 720 g/mol. The number of rotatable bonds is 13. The van der Waals surface area contributed by atoms with Crippen LogP contribution in [0, 0.1) is 13.8 Å². The number of benzene rings is 1. The first-order chi connectivity index (χ1) is 20.8. The van der Waals surface area contributed by atoms with Crippen LogP contribution in [0.25, 0.3) is 0 Å². The van der Waals surface area contributed by atoms with Crippen LogP contribution in [-0.4, -0.2) is 68.5 Å². The van der Waals surface area contributed by atoms with Crippen molar-refractivity contribution in [2.45, 2.75) is 60.5 Å². The van der Waals surface area contributed by atoms with E-state index in [1.165, 1.54) is 34.5 Å². The van der Waals surface area contributed by atoms with Gasteiger partial charge in [-0.25, -0.2) is 9.36 Å². The zero-order valence-corrected chi connectivity index (χ0v) is 28.3. The van der Waals surface area contributed by atoms with Gasteiger partial charge in [-0.1, -0.05) is 34.8 Å². The zero-order chi connectivity index (χ0) is 32.3. The second kappa shape index (κ2) is 15.0. The van der Waals surface area contributed by atoms with E-state index in [0.717, 1.165) is 28.0 Å². The Morgan fingerprint density at radius 2 is 1.80 bits per heavy atom. The van der Waals surface area contributed by atoms with Gasteiger partial charge in [0.15, 0.2) is 11.4 Å². The zero-order valence-electron chi connectivity index (χ0n) is 23.6. The SMILES string of the molecule is Cc1cc(SCC2=C(C(=O)O)N3C(=O)[C@@H](NC(=O)CSc4cc(Cl)c(Cl)cc4Cl)[C@H]3SC2)cc(C)[n+]1CCC[C@H](N)C(=O)[O-]. The number of carbonyl (C=O) groups is 4. The summed E-state index contributed by atoms with van der Waals surface area (Å²) < 4.78 is 2.07. The Bertz CT molecular complexity index is 1520. The third-order valence-electron chi connectivity index (χ3n) is 7.07. The summed E-state index contributed by atoms with van der Waals surface area (Å²) in [5.41, 5.74) is 8.06. The van der Waals surface area contributed by atoms with E-state index >= 15 is 0 Å². The van der Waals surface area contributed by atoms with Gasteiger partial charge in [-0.15, -0.1) is 35.3 Å². The topological polar surface area (TPSA) is 157 Å². The van der Waals surface area contributed by atoms with Gasteiger partial charge >= 0.3 is 5.97 Å². The van der Waals surface area contributed by atoms with Gasteiger partial charge in [-0.2, -0.15) is 0 Å². The normalized spacial score (nSPS) is 18.5. The molecule has 16 heteroatoms. The quantitative estimate of drug-likeness (QED) is 0.122. The molecule has 0 saturated carbocycles. The van der Waals surface area contributed by atoms with Crippen molar-refractivity contribution in [3.63, 3.8) is 0 Å². The molecule has 0 bridgehead atoms. The summed E-state index contributed by atoms with van der Waals surface area (Å²) in [6.07, 6.45) is 0.888. The van der Waals surface area contributed by atoms with Crippen LogP contribution >= 0.6 is 70.1 Å². The lowest BCUT2D eigenvalue weighted by Crippen LogP contribution is -2.70. The molecule has 1 aromatic heterocycles. The van der Waals surface area contributed by atoms with Crippen molar-refractivity contribution in [1.82, 2.24) is 10.2 Å². The molecule has 10 nitrogen and oxygen atoms in total. The number of fused-ring (bicyclic) bond motifs is 1. The highest BCUT2D eigenvalue weighted by Gasteiger charge is 2.54. The van der Waals surface area contributed by atoms with Gasteiger partial charge in [0.2, 0.25) is 5.91 Å². The fourth-order valence-electron chi connectivity index (χ4n) is 4.85. The molecule has 3 atom stereocenters. The summed E-state index contributed by atoms with van der Waals surface area (Å²) in [7, 11) is 0. The molecule has 44 heavy (non-hydrogen) atoms. The number of pyridine rings is 1. The third-order valence-corrected chi connectivity index (χ3v) is 11.7. The predicted molar refractivity (Wildman–Crippen MR) is 171 cm³/mol. The molecule has 2 aliphatic rings. The fourth-order valence-corrected chi connectivity index (χ4v) is 8.95. The molecule has 1 saturated heterocycles. The van der Waals surface area contributed by atoms with Gasteiger partial charge in [0, 0.05) is 59.7 Å². The number of carboxylic acid groups (broad SMARTS) is 2. The summed E-state index contributed by atoms with van der Waals surface area (Å²) in [5, 5.41) is 24.0. The number of amides is 2. The lowest BCUT2D eigenvalue weighted by atomic mass is 10.0. The van der Waals surface area contributed by atoms with Crippen LogP contribution in [0.3, 0.4) is 0 Å². The maximum atomic E-state index is 13.1. The molecule has 4 N–H and O–H groups in total. The van der Waals surface area contributed by atoms with Crippen molar-refractivity contribution in [3.8, 4) is 0 Å². The number of hydrogen-bond acceptors (Lipinski definition) is 9. The number of thioether (sulfide) groups is 3. The summed E-state index contributed by atoms with van der Waals surface area (Å²) in [6.45, 7) is 4.50. The van der Waals surface area contributed by atoms with Crippen LogP contribution in [0.15, 0.2) is 45.3 Å². The molecule has 0 aliphatic carbocycles. The highest BCUT2D eigenvalue weighted by molar-refractivity contribution is 8.01. The Morgan fingerprint density at radius 1 is 1.14 bits per heavy atom. The molecular formula is C28H29Cl3N4O6S3. The lowest BCUT2D eigenvalue weighted by molar-refractivity contribution is -0.709. The maximum Gasteiger partial charge on any atom is 0.352 e. The van der Waals surface area contributed by atoms with Crippen LogP contribution in [0.2, 0.25) is 15.1 Å². The molecule has 1 fully saturated rings. The number of nitrogens with zero attached hydrogens (tertiary/aromatic N) is 2. The Balaban J connectivity index is 1.36. The highest BCUT2D eigenvalue weighted by atomic mass is 35.5. The van der Waals surface area contributed by atoms with E-state index in [2.05, 4.69) is 9.88 Å². The maximum absolute atomic E-state index is 13.1. The molecular weight excluding hydrogens is 691 g/mol. The molecule has 236 valence electrons. The van der Waals surface area contributed by atoms with E-state index in [4.69, 9.17) is 40.5 Å². The minimum atomic E-state index is -1.26. The van der Waals surface area contributed by atoms with Gasteiger partial charge in [-0.05, 0) is 24.1 Å². The Kier molecular flexibility index (Phi) is 11.8. The smallest absolute Gasteiger partial charge is 0.352 e. The number of aromatic nitrogens is 1. The number of nitrogens with one attached hydrogen (secondary N) is 1. The summed E-state index contributed by atoms with van der Waals surface area (Å²) in [6, 6.07) is 5.19. The van der Waals surface area contributed by atoms with Gasteiger partial charge in [0.05, 0.1) is 26.8 Å². The van der Waals surface area contributed by atoms with Crippen LogP contribution in [0.4, 0.5) is 0 Å². The fraction of sp³-hybridized carbons (Fsp3) is 0.393. The van der Waals surface area contributed by atoms with E-state index < -0.39 is 41.2 Å². The van der Waals surface area contributed by atoms with Crippen LogP contribution in [0.5, 0.6) is 0 Å². The summed E-state index contributed by atoms with van der Waals surface area (Å²) in [4.78, 5) is 51.6. The third kappa shape index (κ3) is 7.98. The number of β-lactam (4-membered cyclic amide) rings is 1. The van der Waals surface area contributed by atoms with Crippen molar-refractivity contribution in [2.24, 2.45) is 5.73 Å². The predicted octanol–water partition coefficient (Wildman–Crippen LogP) is 3.03. The Hall–Kier alpha value is -2.13. The van der Waals surface area contributed by atoms with Crippen LogP contribution in [-0.2, 0) is 25.7 Å². The Labute approximate surface area is 282 Å². The molecule has 4 rings (SSSR count). The van der Waals surface area contributed by atoms with Gasteiger partial charge in [0.25, 0.3) is 5.91 Å². The molecule has 0 unspecified atom stereocenters. The summed E-state index contributed by atoms with van der Waals surface area (Å²) in [5.74, 6) is -2.59. The van der Waals surface area contributed by atoms with Gasteiger partial charge in [0.1, 0.15) is 23.7 Å². The number of nitrogens with two attached hydrogens (primary N) is 1. The molecule has 2 amide bonds. The number of carbonyl (C=O) groups excluding carboxylic acids is 3. The second-order valence-corrected chi connectivity index (χ2v) is 14.6. The van der Waals surface area contributed by atoms with E-state index in [0.29, 0.717) is 56.4 Å². The van der Waals surface area contributed by atoms with Gasteiger partial charge in [-0.3, -0.25) is 14.5 Å². The van der Waals surface area contributed by atoms with Crippen LogP contribution < -0.4 is 20.7 Å². The van der Waals surface area contributed by atoms with E-state index in [-0.39, 0.29) is 11.4 Å². The van der Waals surface area contributed by atoms with E-state index in [1.807, 2.05) is 26.0 Å². The first kappa shape index (κ1) is 34.7. The monoisotopic (exact) mass is 718 g/mol. The molecule has 3 heterocycles. The minimum Gasteiger partial charge on any atom is -0.548 e. The number of aryl methyl sites for hydroxylation is 2. The molecule has 0 spiro atoms. The van der Waals surface area contributed by atoms with Crippen LogP contribution in [0.1, 0.15) is 24.2 Å². The van der Waals surface area contributed by atoms with Crippen molar-refractivity contribution in [1.29, 1.82) is 0 Å². The standard InChI is InChI=1S/C28H29Cl3N4O6S3/c1-13-6-16(7-14(2)34(13)5-3-4-20(32)27(38)39)42-10-15-11-44-26-23(25(37)35(26)24(15)28(40)41)33-22(36)12-43-21-9-18(30)17(29)8-19(21)31/h6-9,20,23,26H,3-5,10-12,32H2,1-2H3,(H2-,33,36,38,39,40,41)/t20-,23+,26+/m0/s1. The first-order valence-corrected chi connectivity index (χ1v) is 17.5. The number of aliphatic carboxylic acids is 2. The lowest BCUT2D eigenvalue weighted by Gasteiger charge is -2.49. The van der Waals surface area contributed by atoms with Crippen molar-refractivity contribution in [3.05, 3.63) is 62.0 Å². The minimum absolute atomic E-state index is 0.0222. The number of carboxylic acids is 2. The number of hydrogen-bond donors (Lipinski definition) is 3. The highest BCUT2D eigenvalue weighted by Crippen LogP contribution is 2.42. The molecule has 1 aromatic carbocycles. The molecule has 0 radical (unpaired) electrons. The van der Waals surface area contributed by atoms with Gasteiger partial charge < -0.3 is 26.1 Å². The first-order valence-electron chi connectivity index (χ1n) is 13.4. The molecule has 2 aliphatic heterocycles.